The van der Waals surface area contributed by atoms with Crippen LogP contribution in [0.3, 0.4) is 0 Å². The average Bonchev–Trinajstić information content (AvgIpc) is 2.30. The van der Waals surface area contributed by atoms with Crippen LogP contribution < -0.4 is 5.73 Å². The summed E-state index contributed by atoms with van der Waals surface area (Å²) >= 11 is 0. The first-order chi connectivity index (χ1) is 7.69. The van der Waals surface area contributed by atoms with Crippen LogP contribution in [0.25, 0.3) is 0 Å². The van der Waals surface area contributed by atoms with Gasteiger partial charge in [0.1, 0.15) is 0 Å². The Morgan fingerprint density at radius 3 is 2.94 bits per heavy atom. The second-order valence-electron chi connectivity index (χ2n) is 4.07. The molecule has 0 bridgehead atoms. The van der Waals surface area contributed by atoms with Crippen molar-refractivity contribution in [2.24, 2.45) is 5.73 Å². The standard InChI is InChI=1S/C13H22N2O/c1-4-6-12(13(14)5-2)9-15-7-8-16-10-11(15)3/h4-6,11H,1,7-10,14H2,2-3H3/b12-6-,13-5+. The zero-order valence-corrected chi connectivity index (χ0v) is 10.3. The second kappa shape index (κ2) is 6.51. The fraction of sp³-hybridized carbons (Fsp3) is 0.538. The van der Waals surface area contributed by atoms with Crippen LogP contribution in [-0.2, 0) is 4.74 Å². The van der Waals surface area contributed by atoms with Crippen molar-refractivity contribution in [3.63, 3.8) is 0 Å². The van der Waals surface area contributed by atoms with Crippen molar-refractivity contribution in [1.29, 1.82) is 0 Å². The van der Waals surface area contributed by atoms with Gasteiger partial charge >= 0.3 is 0 Å². The Kier molecular flexibility index (Phi) is 5.29. The number of nitrogens with zero attached hydrogens (tertiary/aromatic N) is 1. The minimum absolute atomic E-state index is 0.451. The van der Waals surface area contributed by atoms with Crippen LogP contribution in [0.1, 0.15) is 13.8 Å². The lowest BCUT2D eigenvalue weighted by atomic mass is 10.1. The van der Waals surface area contributed by atoms with E-state index >= 15 is 0 Å². The van der Waals surface area contributed by atoms with E-state index in [1.807, 2.05) is 19.1 Å². The summed E-state index contributed by atoms with van der Waals surface area (Å²) in [4.78, 5) is 2.38. The van der Waals surface area contributed by atoms with Gasteiger partial charge in [-0.05, 0) is 19.4 Å². The number of allylic oxidation sites excluding steroid dienone is 3. The van der Waals surface area contributed by atoms with E-state index in [0.717, 1.165) is 37.6 Å². The summed E-state index contributed by atoms with van der Waals surface area (Å²) in [6.45, 7) is 11.3. The molecule has 1 atom stereocenters. The van der Waals surface area contributed by atoms with Crippen molar-refractivity contribution in [3.05, 3.63) is 36.1 Å². The van der Waals surface area contributed by atoms with Gasteiger partial charge in [0.05, 0.1) is 13.2 Å². The van der Waals surface area contributed by atoms with Gasteiger partial charge in [-0.15, -0.1) is 0 Å². The molecule has 1 saturated heterocycles. The van der Waals surface area contributed by atoms with E-state index < -0.39 is 0 Å². The van der Waals surface area contributed by atoms with Gasteiger partial charge in [0.15, 0.2) is 0 Å². The van der Waals surface area contributed by atoms with Gasteiger partial charge < -0.3 is 10.5 Å². The summed E-state index contributed by atoms with van der Waals surface area (Å²) in [5, 5.41) is 0. The molecule has 0 aromatic carbocycles. The SMILES string of the molecule is C=C/C=C(CN1CCOCC1C)\C(N)=C/C. The lowest BCUT2D eigenvalue weighted by Crippen LogP contribution is -2.44. The molecule has 0 radical (unpaired) electrons. The van der Waals surface area contributed by atoms with Gasteiger partial charge in [-0.2, -0.15) is 0 Å². The highest BCUT2D eigenvalue weighted by molar-refractivity contribution is 5.32. The van der Waals surface area contributed by atoms with E-state index in [0.29, 0.717) is 6.04 Å². The Balaban J connectivity index is 2.67. The maximum absolute atomic E-state index is 5.95. The maximum Gasteiger partial charge on any atom is 0.0619 e. The summed E-state index contributed by atoms with van der Waals surface area (Å²) in [7, 11) is 0. The Morgan fingerprint density at radius 1 is 1.62 bits per heavy atom. The molecule has 0 saturated carbocycles. The average molecular weight is 222 g/mol. The van der Waals surface area contributed by atoms with Crippen molar-refractivity contribution in [1.82, 2.24) is 4.90 Å². The van der Waals surface area contributed by atoms with Crippen LogP contribution in [0.2, 0.25) is 0 Å². The molecule has 0 aliphatic carbocycles. The van der Waals surface area contributed by atoms with Gasteiger partial charge in [0.25, 0.3) is 0 Å². The molecule has 0 aromatic heterocycles. The Bertz CT molecular complexity index is 294. The highest BCUT2D eigenvalue weighted by Gasteiger charge is 2.19. The van der Waals surface area contributed by atoms with Gasteiger partial charge in [-0.3, -0.25) is 4.90 Å². The van der Waals surface area contributed by atoms with Crippen LogP contribution >= 0.6 is 0 Å². The number of rotatable bonds is 4. The van der Waals surface area contributed by atoms with Gasteiger partial charge in [-0.1, -0.05) is 24.8 Å². The number of morpholine rings is 1. The van der Waals surface area contributed by atoms with E-state index in [9.17, 15) is 0 Å². The van der Waals surface area contributed by atoms with Crippen molar-refractivity contribution in [2.75, 3.05) is 26.3 Å². The normalized spacial score (nSPS) is 24.5. The van der Waals surface area contributed by atoms with Gasteiger partial charge in [0.2, 0.25) is 0 Å². The predicted octanol–water partition coefficient (Wildman–Crippen LogP) is 1.68. The van der Waals surface area contributed by atoms with Gasteiger partial charge in [0, 0.05) is 24.8 Å². The number of hydrogen-bond acceptors (Lipinski definition) is 3. The minimum atomic E-state index is 0.451. The highest BCUT2D eigenvalue weighted by atomic mass is 16.5. The second-order valence-corrected chi connectivity index (χ2v) is 4.07. The zero-order valence-electron chi connectivity index (χ0n) is 10.3. The molecule has 1 rings (SSSR count). The summed E-state index contributed by atoms with van der Waals surface area (Å²) in [6, 6.07) is 0.451. The fourth-order valence-corrected chi connectivity index (χ4v) is 1.78. The minimum Gasteiger partial charge on any atom is -0.399 e. The van der Waals surface area contributed by atoms with E-state index in [4.69, 9.17) is 10.5 Å². The first kappa shape index (κ1) is 13.0. The third-order valence-electron chi connectivity index (χ3n) is 2.88. The molecular formula is C13H22N2O. The number of nitrogens with two attached hydrogens (primary N) is 1. The van der Waals surface area contributed by atoms with Crippen LogP contribution in [0.5, 0.6) is 0 Å². The third kappa shape index (κ3) is 3.51. The molecular weight excluding hydrogens is 200 g/mol. The zero-order chi connectivity index (χ0) is 12.0. The van der Waals surface area contributed by atoms with Crippen molar-refractivity contribution in [2.45, 2.75) is 19.9 Å². The first-order valence-corrected chi connectivity index (χ1v) is 5.74. The molecule has 3 heteroatoms. The maximum atomic E-state index is 5.95. The number of hydrogen-bond donors (Lipinski definition) is 1. The van der Waals surface area contributed by atoms with Crippen molar-refractivity contribution >= 4 is 0 Å². The number of ether oxygens (including phenoxy) is 1. The largest absolute Gasteiger partial charge is 0.399 e. The summed E-state index contributed by atoms with van der Waals surface area (Å²) in [5.74, 6) is 0. The molecule has 0 amide bonds. The first-order valence-electron chi connectivity index (χ1n) is 5.74. The molecule has 90 valence electrons. The van der Waals surface area contributed by atoms with E-state index in [1.165, 1.54) is 0 Å². The Hall–Kier alpha value is -1.06. The van der Waals surface area contributed by atoms with Crippen molar-refractivity contribution in [3.8, 4) is 0 Å². The topological polar surface area (TPSA) is 38.5 Å². The predicted molar refractivity (Wildman–Crippen MR) is 68.1 cm³/mol. The van der Waals surface area contributed by atoms with Crippen LogP contribution in [0.4, 0.5) is 0 Å². The van der Waals surface area contributed by atoms with E-state index in [1.54, 1.807) is 6.08 Å². The third-order valence-corrected chi connectivity index (χ3v) is 2.88. The summed E-state index contributed by atoms with van der Waals surface area (Å²) in [5.41, 5.74) is 7.92. The molecule has 1 unspecified atom stereocenters. The van der Waals surface area contributed by atoms with Crippen LogP contribution in [0, 0.1) is 0 Å². The van der Waals surface area contributed by atoms with Crippen LogP contribution in [0.15, 0.2) is 36.1 Å². The van der Waals surface area contributed by atoms with Crippen LogP contribution in [-0.4, -0.2) is 37.2 Å². The smallest absolute Gasteiger partial charge is 0.0619 e. The van der Waals surface area contributed by atoms with E-state index in [-0.39, 0.29) is 0 Å². The molecule has 3 nitrogen and oxygen atoms in total. The van der Waals surface area contributed by atoms with E-state index in [2.05, 4.69) is 18.4 Å². The monoisotopic (exact) mass is 222 g/mol. The quantitative estimate of drug-likeness (QED) is 0.736. The molecule has 1 fully saturated rings. The fourth-order valence-electron chi connectivity index (χ4n) is 1.78. The Labute approximate surface area is 98.3 Å². The molecule has 2 N–H and O–H groups in total. The van der Waals surface area contributed by atoms with Crippen molar-refractivity contribution < 1.29 is 4.74 Å². The molecule has 1 heterocycles. The molecule has 16 heavy (non-hydrogen) atoms. The Morgan fingerprint density at radius 2 is 2.38 bits per heavy atom. The lowest BCUT2D eigenvalue weighted by molar-refractivity contribution is 0.00456. The summed E-state index contributed by atoms with van der Waals surface area (Å²) < 4.78 is 5.41. The molecule has 0 aromatic rings. The summed E-state index contributed by atoms with van der Waals surface area (Å²) in [6.07, 6.45) is 5.70. The molecule has 1 aliphatic heterocycles. The van der Waals surface area contributed by atoms with Gasteiger partial charge in [-0.25, -0.2) is 0 Å². The molecule has 1 aliphatic rings. The highest BCUT2D eigenvalue weighted by Crippen LogP contribution is 2.12. The molecule has 0 spiro atoms. The lowest BCUT2D eigenvalue weighted by Gasteiger charge is -2.33.